The zero-order valence-electron chi connectivity index (χ0n) is 7.68. The van der Waals surface area contributed by atoms with Crippen LogP contribution in [0.25, 0.3) is 6.08 Å². The van der Waals surface area contributed by atoms with Crippen molar-refractivity contribution in [1.82, 2.24) is 0 Å². The molecule has 0 spiro atoms. The molecule has 3 N–H and O–H groups in total. The van der Waals surface area contributed by atoms with Crippen LogP contribution in [-0.2, 0) is 0 Å². The second-order valence-corrected chi connectivity index (χ2v) is 2.77. The third-order valence-corrected chi connectivity index (χ3v) is 1.71. The highest BCUT2D eigenvalue weighted by atomic mass is 19.1. The first-order chi connectivity index (χ1) is 7.06. The van der Waals surface area contributed by atoms with E-state index in [9.17, 15) is 14.5 Å². The predicted octanol–water partition coefficient (Wildman–Crippen LogP) is 1.41. The molecule has 0 aliphatic heterocycles. The number of halogens is 1. The molecule has 0 fully saturated rings. The van der Waals surface area contributed by atoms with Crippen LogP contribution in [0.1, 0.15) is 5.56 Å². The molecule has 1 aromatic rings. The van der Waals surface area contributed by atoms with Crippen LogP contribution in [0.2, 0.25) is 0 Å². The number of phenolic OH excluding ortho intramolecular Hbond substituents is 1. The monoisotopic (exact) mass is 212 g/mol. The number of aromatic hydroxyl groups is 1. The molecule has 0 saturated carbocycles. The molecule has 80 valence electrons. The Hall–Kier alpha value is -1.95. The van der Waals surface area contributed by atoms with E-state index in [1.54, 1.807) is 0 Å². The molecule has 0 atom stereocenters. The quantitative estimate of drug-likeness (QED) is 0.585. The summed E-state index contributed by atoms with van der Waals surface area (Å²) in [5.74, 6) is -1.98. The second-order valence-electron chi connectivity index (χ2n) is 2.77. The maximum atomic E-state index is 13.0. The van der Waals surface area contributed by atoms with E-state index in [2.05, 4.69) is 0 Å². The van der Waals surface area contributed by atoms with E-state index in [1.807, 2.05) is 0 Å². The number of nitrogens with zero attached hydrogens (tertiary/aromatic N) is 1. The van der Waals surface area contributed by atoms with Gasteiger partial charge in [0.2, 0.25) is 5.75 Å². The lowest BCUT2D eigenvalue weighted by atomic mass is 10.1. The average molecular weight is 212 g/mol. The highest BCUT2D eigenvalue weighted by Gasteiger charge is 2.18. The number of phenols is 1. The van der Waals surface area contributed by atoms with Crippen LogP contribution in [0.5, 0.6) is 5.75 Å². The molecule has 0 aromatic heterocycles. The lowest BCUT2D eigenvalue weighted by molar-refractivity contribution is -0.386. The Kier molecular flexibility index (Phi) is 3.35. The van der Waals surface area contributed by atoms with Crippen LogP contribution in [0.15, 0.2) is 18.2 Å². The second kappa shape index (κ2) is 4.52. The molecule has 0 unspecified atom stereocenters. The van der Waals surface area contributed by atoms with E-state index in [1.165, 1.54) is 12.2 Å². The molecule has 0 amide bonds. The fraction of sp³-hybridized carbons (Fsp3) is 0.111. The van der Waals surface area contributed by atoms with Crippen molar-refractivity contribution in [2.45, 2.75) is 0 Å². The Balaban J connectivity index is 3.23. The zero-order chi connectivity index (χ0) is 11.4. The smallest absolute Gasteiger partial charge is 0.314 e. The molecular weight excluding hydrogens is 203 g/mol. The minimum absolute atomic E-state index is 0.246. The van der Waals surface area contributed by atoms with Gasteiger partial charge >= 0.3 is 5.69 Å². The first-order valence-corrected chi connectivity index (χ1v) is 4.09. The van der Waals surface area contributed by atoms with Crippen LogP contribution >= 0.6 is 0 Å². The van der Waals surface area contributed by atoms with Gasteiger partial charge in [-0.3, -0.25) is 10.1 Å². The van der Waals surface area contributed by atoms with Crippen LogP contribution in [0.4, 0.5) is 10.1 Å². The third-order valence-electron chi connectivity index (χ3n) is 1.71. The van der Waals surface area contributed by atoms with Crippen LogP contribution in [0.3, 0.4) is 0 Å². The number of nitrogens with two attached hydrogens (primary N) is 1. The molecule has 0 saturated heterocycles. The van der Waals surface area contributed by atoms with Gasteiger partial charge in [0.05, 0.1) is 4.92 Å². The molecule has 0 aliphatic rings. The SMILES string of the molecule is NCC=Cc1cc(F)c(O)c([N+](=O)[O-])c1. The van der Waals surface area contributed by atoms with Gasteiger partial charge < -0.3 is 10.8 Å². The van der Waals surface area contributed by atoms with Crippen LogP contribution in [-0.4, -0.2) is 16.6 Å². The largest absolute Gasteiger partial charge is 0.500 e. The summed E-state index contributed by atoms with van der Waals surface area (Å²) in [7, 11) is 0. The van der Waals surface area contributed by atoms with Gasteiger partial charge in [-0.2, -0.15) is 0 Å². The number of nitro benzene ring substituents is 1. The Labute approximate surface area is 84.8 Å². The highest BCUT2D eigenvalue weighted by molar-refractivity contribution is 5.58. The van der Waals surface area contributed by atoms with Gasteiger partial charge in [0, 0.05) is 12.6 Å². The predicted molar refractivity (Wildman–Crippen MR) is 52.8 cm³/mol. The van der Waals surface area contributed by atoms with Crippen LogP contribution in [0, 0.1) is 15.9 Å². The lowest BCUT2D eigenvalue weighted by Gasteiger charge is -1.99. The molecule has 5 nitrogen and oxygen atoms in total. The van der Waals surface area contributed by atoms with E-state index in [4.69, 9.17) is 10.8 Å². The summed E-state index contributed by atoms with van der Waals surface area (Å²) in [6.07, 6.45) is 2.96. The van der Waals surface area contributed by atoms with E-state index in [0.29, 0.717) is 0 Å². The van der Waals surface area contributed by atoms with E-state index >= 15 is 0 Å². The fourth-order valence-corrected chi connectivity index (χ4v) is 1.04. The summed E-state index contributed by atoms with van der Waals surface area (Å²) in [5, 5.41) is 19.5. The van der Waals surface area contributed by atoms with E-state index < -0.39 is 22.2 Å². The van der Waals surface area contributed by atoms with Gasteiger partial charge in [0.1, 0.15) is 0 Å². The average Bonchev–Trinajstić information content (AvgIpc) is 2.19. The van der Waals surface area contributed by atoms with Crippen molar-refractivity contribution in [1.29, 1.82) is 0 Å². The Morgan fingerprint density at radius 3 is 2.80 bits per heavy atom. The number of benzene rings is 1. The van der Waals surface area contributed by atoms with Gasteiger partial charge in [-0.05, 0) is 11.6 Å². The molecule has 0 aliphatic carbocycles. The molecule has 0 heterocycles. The molecule has 0 radical (unpaired) electrons. The number of nitro groups is 1. The molecule has 1 rings (SSSR count). The summed E-state index contributed by atoms with van der Waals surface area (Å²) >= 11 is 0. The Morgan fingerprint density at radius 2 is 2.27 bits per heavy atom. The van der Waals surface area contributed by atoms with Crippen molar-refractivity contribution in [3.63, 3.8) is 0 Å². The van der Waals surface area contributed by atoms with Crippen molar-refractivity contribution in [2.75, 3.05) is 6.54 Å². The summed E-state index contributed by atoms with van der Waals surface area (Å²) in [6, 6.07) is 2.07. The van der Waals surface area contributed by atoms with Crippen molar-refractivity contribution in [3.05, 3.63) is 39.7 Å². The molecular formula is C9H9FN2O3. The van der Waals surface area contributed by atoms with Crippen LogP contribution < -0.4 is 5.73 Å². The molecule has 1 aromatic carbocycles. The standard InChI is InChI=1S/C9H9FN2O3/c10-7-4-6(2-1-3-11)5-8(9(7)13)12(14)15/h1-2,4-5,13H,3,11H2. The van der Waals surface area contributed by atoms with Crippen molar-refractivity contribution < 1.29 is 14.4 Å². The number of hydrogen-bond acceptors (Lipinski definition) is 4. The first-order valence-electron chi connectivity index (χ1n) is 4.09. The topological polar surface area (TPSA) is 89.4 Å². The minimum atomic E-state index is -1.03. The van der Waals surface area contributed by atoms with Gasteiger partial charge in [-0.15, -0.1) is 0 Å². The molecule has 15 heavy (non-hydrogen) atoms. The molecule has 0 bridgehead atoms. The summed E-state index contributed by atoms with van der Waals surface area (Å²) in [6.45, 7) is 0.246. The third kappa shape index (κ3) is 2.50. The molecule has 6 heteroatoms. The highest BCUT2D eigenvalue weighted by Crippen LogP contribution is 2.30. The van der Waals surface area contributed by atoms with Crippen molar-refractivity contribution in [2.24, 2.45) is 5.73 Å². The summed E-state index contributed by atoms with van der Waals surface area (Å²) < 4.78 is 13.0. The van der Waals surface area contributed by atoms with Gasteiger partial charge in [0.15, 0.2) is 5.82 Å². The Morgan fingerprint density at radius 1 is 1.60 bits per heavy atom. The fourth-order valence-electron chi connectivity index (χ4n) is 1.04. The van der Waals surface area contributed by atoms with E-state index in [-0.39, 0.29) is 12.1 Å². The van der Waals surface area contributed by atoms with Gasteiger partial charge in [0.25, 0.3) is 0 Å². The number of hydrogen-bond donors (Lipinski definition) is 2. The van der Waals surface area contributed by atoms with Crippen molar-refractivity contribution >= 4 is 11.8 Å². The van der Waals surface area contributed by atoms with E-state index in [0.717, 1.165) is 12.1 Å². The summed E-state index contributed by atoms with van der Waals surface area (Å²) in [4.78, 5) is 9.58. The van der Waals surface area contributed by atoms with Crippen molar-refractivity contribution in [3.8, 4) is 5.75 Å². The maximum Gasteiger partial charge on any atom is 0.314 e. The number of rotatable bonds is 3. The minimum Gasteiger partial charge on any atom is -0.500 e. The van der Waals surface area contributed by atoms with Gasteiger partial charge in [-0.1, -0.05) is 12.2 Å². The zero-order valence-corrected chi connectivity index (χ0v) is 7.68. The van der Waals surface area contributed by atoms with Gasteiger partial charge in [-0.25, -0.2) is 4.39 Å². The summed E-state index contributed by atoms with van der Waals surface area (Å²) in [5.41, 5.74) is 4.80. The lowest BCUT2D eigenvalue weighted by Crippen LogP contribution is -1.94. The Bertz CT molecular complexity index is 418. The first kappa shape index (κ1) is 11.1. The maximum absolute atomic E-state index is 13.0. The normalized spacial score (nSPS) is 10.8.